The highest BCUT2D eigenvalue weighted by atomic mass is 35.5. The first kappa shape index (κ1) is 14.8. The molecule has 0 saturated heterocycles. The molecule has 1 aromatic carbocycles. The SMILES string of the molecule is CC(C)CCC(CCl)(CCl)c1ccccc1F. The number of hydrogen-bond donors (Lipinski definition) is 0. The van der Waals surface area contributed by atoms with Gasteiger partial charge in [-0.05, 0) is 24.0 Å². The van der Waals surface area contributed by atoms with Crippen LogP contribution in [0.2, 0.25) is 0 Å². The Hall–Kier alpha value is -0.270. The lowest BCUT2D eigenvalue weighted by Gasteiger charge is -2.31. The van der Waals surface area contributed by atoms with Crippen molar-refractivity contribution in [3.63, 3.8) is 0 Å². The molecule has 1 rings (SSSR count). The standard InChI is InChI=1S/C14H19Cl2F/c1-11(2)7-8-14(9-15,10-16)12-5-3-4-6-13(12)17/h3-6,11H,7-10H2,1-2H3. The number of halogens is 3. The molecule has 0 unspecified atom stereocenters. The minimum absolute atomic E-state index is 0.211. The van der Waals surface area contributed by atoms with E-state index in [4.69, 9.17) is 23.2 Å². The van der Waals surface area contributed by atoms with Gasteiger partial charge in [-0.15, -0.1) is 23.2 Å². The molecule has 0 spiro atoms. The first-order valence-electron chi connectivity index (χ1n) is 5.92. The van der Waals surface area contributed by atoms with Gasteiger partial charge in [0.15, 0.2) is 0 Å². The van der Waals surface area contributed by atoms with E-state index >= 15 is 0 Å². The molecule has 0 aromatic heterocycles. The lowest BCUT2D eigenvalue weighted by Crippen LogP contribution is -2.32. The van der Waals surface area contributed by atoms with Gasteiger partial charge in [0.25, 0.3) is 0 Å². The van der Waals surface area contributed by atoms with E-state index in [9.17, 15) is 4.39 Å². The Kier molecular flexibility index (Phi) is 5.75. The predicted molar refractivity (Wildman–Crippen MR) is 73.6 cm³/mol. The summed E-state index contributed by atoms with van der Waals surface area (Å²) in [5, 5.41) is 0. The van der Waals surface area contributed by atoms with E-state index in [0.29, 0.717) is 23.2 Å². The van der Waals surface area contributed by atoms with Gasteiger partial charge in [0.1, 0.15) is 5.82 Å². The van der Waals surface area contributed by atoms with Gasteiger partial charge in [-0.25, -0.2) is 4.39 Å². The van der Waals surface area contributed by atoms with Crippen molar-refractivity contribution in [3.8, 4) is 0 Å². The summed E-state index contributed by atoms with van der Waals surface area (Å²) in [5.74, 6) is 1.05. The van der Waals surface area contributed by atoms with Crippen LogP contribution in [-0.4, -0.2) is 11.8 Å². The molecule has 0 amide bonds. The quantitative estimate of drug-likeness (QED) is 0.643. The summed E-state index contributed by atoms with van der Waals surface area (Å²) < 4.78 is 13.9. The molecule has 96 valence electrons. The van der Waals surface area contributed by atoms with E-state index in [2.05, 4.69) is 13.8 Å². The van der Waals surface area contributed by atoms with Crippen molar-refractivity contribution in [3.05, 3.63) is 35.6 Å². The van der Waals surface area contributed by atoms with Crippen molar-refractivity contribution in [2.75, 3.05) is 11.8 Å². The summed E-state index contributed by atoms with van der Waals surface area (Å²) >= 11 is 12.1. The third kappa shape index (κ3) is 3.59. The first-order valence-corrected chi connectivity index (χ1v) is 6.99. The topological polar surface area (TPSA) is 0 Å². The molecule has 0 saturated carbocycles. The molecule has 3 heteroatoms. The van der Waals surface area contributed by atoms with Crippen molar-refractivity contribution in [2.24, 2.45) is 5.92 Å². The van der Waals surface area contributed by atoms with Crippen LogP contribution in [0.3, 0.4) is 0 Å². The van der Waals surface area contributed by atoms with Gasteiger partial charge in [0.05, 0.1) is 0 Å². The largest absolute Gasteiger partial charge is 0.207 e. The van der Waals surface area contributed by atoms with Gasteiger partial charge < -0.3 is 0 Å². The molecule has 17 heavy (non-hydrogen) atoms. The Bertz CT molecular complexity index is 346. The normalized spacial score (nSPS) is 12.1. The Morgan fingerprint density at radius 1 is 1.18 bits per heavy atom. The van der Waals surface area contributed by atoms with Crippen LogP contribution in [0, 0.1) is 11.7 Å². The van der Waals surface area contributed by atoms with Crippen LogP contribution < -0.4 is 0 Å². The zero-order valence-electron chi connectivity index (χ0n) is 10.3. The highest BCUT2D eigenvalue weighted by Gasteiger charge is 2.32. The second-order valence-corrected chi connectivity index (χ2v) is 5.49. The molecule has 0 radical (unpaired) electrons. The van der Waals surface area contributed by atoms with Gasteiger partial charge >= 0.3 is 0 Å². The second kappa shape index (κ2) is 6.61. The van der Waals surface area contributed by atoms with Crippen LogP contribution in [0.4, 0.5) is 4.39 Å². The maximum absolute atomic E-state index is 13.9. The van der Waals surface area contributed by atoms with Crippen LogP contribution in [0.25, 0.3) is 0 Å². The van der Waals surface area contributed by atoms with Gasteiger partial charge in [-0.3, -0.25) is 0 Å². The maximum atomic E-state index is 13.9. The van der Waals surface area contributed by atoms with Crippen molar-refractivity contribution in [2.45, 2.75) is 32.1 Å². The van der Waals surface area contributed by atoms with E-state index in [1.165, 1.54) is 6.07 Å². The summed E-state index contributed by atoms with van der Waals surface area (Å²) in [4.78, 5) is 0. The average molecular weight is 277 g/mol. The lowest BCUT2D eigenvalue weighted by atomic mass is 9.78. The van der Waals surface area contributed by atoms with Crippen molar-refractivity contribution >= 4 is 23.2 Å². The van der Waals surface area contributed by atoms with Crippen LogP contribution in [-0.2, 0) is 5.41 Å². The summed E-state index contributed by atoms with van der Waals surface area (Å²) in [7, 11) is 0. The molecule has 1 aromatic rings. The summed E-state index contributed by atoms with van der Waals surface area (Å²) in [6.45, 7) is 4.29. The number of hydrogen-bond acceptors (Lipinski definition) is 0. The number of benzene rings is 1. The molecule has 0 atom stereocenters. The lowest BCUT2D eigenvalue weighted by molar-refractivity contribution is 0.407. The molecular formula is C14H19Cl2F. The van der Waals surface area contributed by atoms with E-state index in [1.54, 1.807) is 12.1 Å². The van der Waals surface area contributed by atoms with Crippen LogP contribution in [0.5, 0.6) is 0 Å². The molecule has 0 heterocycles. The Morgan fingerprint density at radius 2 is 1.76 bits per heavy atom. The minimum atomic E-state index is -0.446. The molecule has 0 aliphatic heterocycles. The fourth-order valence-corrected chi connectivity index (χ4v) is 2.75. The first-order chi connectivity index (χ1) is 8.05. The average Bonchev–Trinajstić information content (AvgIpc) is 2.32. The third-order valence-electron chi connectivity index (χ3n) is 3.16. The fourth-order valence-electron chi connectivity index (χ4n) is 1.90. The van der Waals surface area contributed by atoms with Crippen molar-refractivity contribution in [1.82, 2.24) is 0 Å². The molecule has 0 fully saturated rings. The molecular weight excluding hydrogens is 258 g/mol. The Morgan fingerprint density at radius 3 is 2.24 bits per heavy atom. The monoisotopic (exact) mass is 276 g/mol. The summed E-state index contributed by atoms with van der Waals surface area (Å²) in [6, 6.07) is 6.79. The zero-order valence-corrected chi connectivity index (χ0v) is 11.9. The molecule has 0 N–H and O–H groups in total. The minimum Gasteiger partial charge on any atom is -0.207 e. The van der Waals surface area contributed by atoms with E-state index in [1.807, 2.05) is 6.07 Å². The number of alkyl halides is 2. The molecule has 0 nitrogen and oxygen atoms in total. The highest BCUT2D eigenvalue weighted by Crippen LogP contribution is 2.35. The molecule has 0 aliphatic rings. The van der Waals surface area contributed by atoms with Crippen LogP contribution >= 0.6 is 23.2 Å². The maximum Gasteiger partial charge on any atom is 0.127 e. The van der Waals surface area contributed by atoms with Crippen molar-refractivity contribution < 1.29 is 4.39 Å². The van der Waals surface area contributed by atoms with E-state index < -0.39 is 5.41 Å². The van der Waals surface area contributed by atoms with Gasteiger partial charge in [-0.2, -0.15) is 0 Å². The Balaban J connectivity index is 3.02. The third-order valence-corrected chi connectivity index (χ3v) is 4.18. The summed E-state index contributed by atoms with van der Waals surface area (Å²) in [6.07, 6.45) is 1.81. The van der Waals surface area contributed by atoms with Crippen LogP contribution in [0.1, 0.15) is 32.3 Å². The zero-order chi connectivity index (χ0) is 12.9. The smallest absolute Gasteiger partial charge is 0.127 e. The second-order valence-electron chi connectivity index (χ2n) is 4.96. The molecule has 0 aliphatic carbocycles. The van der Waals surface area contributed by atoms with Crippen LogP contribution in [0.15, 0.2) is 24.3 Å². The predicted octanol–water partition coefficient (Wildman–Crippen LogP) is 4.98. The van der Waals surface area contributed by atoms with Gasteiger partial charge in [0.2, 0.25) is 0 Å². The highest BCUT2D eigenvalue weighted by molar-refractivity contribution is 6.22. The van der Waals surface area contributed by atoms with Gasteiger partial charge in [-0.1, -0.05) is 38.5 Å². The number of rotatable bonds is 6. The van der Waals surface area contributed by atoms with E-state index in [0.717, 1.165) is 12.8 Å². The summed E-state index contributed by atoms with van der Waals surface area (Å²) in [5.41, 5.74) is 0.198. The fraction of sp³-hybridized carbons (Fsp3) is 0.571. The van der Waals surface area contributed by atoms with Crippen molar-refractivity contribution in [1.29, 1.82) is 0 Å². The molecule has 0 bridgehead atoms. The Labute approximate surface area is 113 Å². The van der Waals surface area contributed by atoms with Gasteiger partial charge in [0, 0.05) is 17.2 Å². The van der Waals surface area contributed by atoms with E-state index in [-0.39, 0.29) is 5.82 Å².